The largest absolute Gasteiger partial charge is 0.334 e. The highest BCUT2D eigenvalue weighted by Crippen LogP contribution is 2.25. The average Bonchev–Trinajstić information content (AvgIpc) is 3.39. The minimum absolute atomic E-state index is 0.121. The molecule has 1 amide bonds. The molecule has 30 heavy (non-hydrogen) atoms. The van der Waals surface area contributed by atoms with Gasteiger partial charge in [0.25, 0.3) is 5.91 Å². The first-order valence-corrected chi connectivity index (χ1v) is 12.5. The van der Waals surface area contributed by atoms with Crippen molar-refractivity contribution >= 4 is 21.6 Å². The molecular formula is C23H29N3O3S. The number of nitrogens with one attached hydrogen (secondary N) is 1. The van der Waals surface area contributed by atoms with Crippen LogP contribution >= 0.6 is 0 Å². The van der Waals surface area contributed by atoms with Crippen LogP contribution in [0, 0.1) is 0 Å². The van der Waals surface area contributed by atoms with Gasteiger partial charge in [0, 0.05) is 30.4 Å². The third-order valence-electron chi connectivity index (χ3n) is 5.96. The summed E-state index contributed by atoms with van der Waals surface area (Å²) in [6.45, 7) is 4.16. The quantitative estimate of drug-likeness (QED) is 0.767. The highest BCUT2D eigenvalue weighted by atomic mass is 32.2. The van der Waals surface area contributed by atoms with Gasteiger partial charge in [-0.3, -0.25) is 9.52 Å². The van der Waals surface area contributed by atoms with Crippen molar-refractivity contribution in [3.63, 3.8) is 0 Å². The van der Waals surface area contributed by atoms with Gasteiger partial charge >= 0.3 is 0 Å². The smallest absolute Gasteiger partial charge is 0.254 e. The molecule has 7 heteroatoms. The van der Waals surface area contributed by atoms with Crippen LogP contribution in [0.3, 0.4) is 0 Å². The number of sulfonamides is 1. The van der Waals surface area contributed by atoms with Crippen molar-refractivity contribution in [1.29, 1.82) is 0 Å². The fraction of sp³-hybridized carbons (Fsp3) is 0.435. The Hall–Kier alpha value is -2.38. The van der Waals surface area contributed by atoms with E-state index in [1.54, 1.807) is 12.1 Å². The lowest BCUT2D eigenvalue weighted by atomic mass is 10.0. The second-order valence-corrected chi connectivity index (χ2v) is 10.1. The maximum absolute atomic E-state index is 13.1. The topological polar surface area (TPSA) is 69.7 Å². The number of benzene rings is 2. The number of amides is 1. The van der Waals surface area contributed by atoms with Crippen molar-refractivity contribution in [1.82, 2.24) is 9.80 Å². The van der Waals surface area contributed by atoms with Crippen LogP contribution in [0.2, 0.25) is 0 Å². The molecule has 2 aliphatic rings. The van der Waals surface area contributed by atoms with Gasteiger partial charge in [-0.2, -0.15) is 0 Å². The van der Waals surface area contributed by atoms with Crippen molar-refractivity contribution in [2.75, 3.05) is 37.2 Å². The Labute approximate surface area is 178 Å². The molecule has 4 rings (SSSR count). The van der Waals surface area contributed by atoms with Crippen LogP contribution in [0.1, 0.15) is 36.0 Å². The molecule has 1 unspecified atom stereocenters. The summed E-state index contributed by atoms with van der Waals surface area (Å²) >= 11 is 0. The maximum atomic E-state index is 13.1. The second-order valence-electron chi connectivity index (χ2n) is 8.33. The van der Waals surface area contributed by atoms with Crippen molar-refractivity contribution in [3.8, 4) is 11.1 Å². The third kappa shape index (κ3) is 5.02. The van der Waals surface area contributed by atoms with Crippen LogP contribution in [-0.4, -0.2) is 62.6 Å². The Morgan fingerprint density at radius 1 is 0.933 bits per heavy atom. The molecular weight excluding hydrogens is 398 g/mol. The fourth-order valence-corrected chi connectivity index (χ4v) is 5.04. The zero-order valence-corrected chi connectivity index (χ0v) is 18.2. The van der Waals surface area contributed by atoms with E-state index in [-0.39, 0.29) is 5.91 Å². The molecule has 1 N–H and O–H groups in total. The van der Waals surface area contributed by atoms with Crippen molar-refractivity contribution in [2.45, 2.75) is 31.7 Å². The minimum atomic E-state index is -3.29. The van der Waals surface area contributed by atoms with E-state index in [1.165, 1.54) is 12.8 Å². The molecule has 2 heterocycles. The monoisotopic (exact) mass is 427 g/mol. The van der Waals surface area contributed by atoms with Crippen molar-refractivity contribution < 1.29 is 13.2 Å². The molecule has 160 valence electrons. The number of nitrogens with zero attached hydrogens (tertiary/aromatic N) is 2. The summed E-state index contributed by atoms with van der Waals surface area (Å²) in [5.74, 6) is 0.121. The molecule has 0 spiro atoms. The first-order chi connectivity index (χ1) is 14.4. The fourth-order valence-electron chi connectivity index (χ4n) is 4.47. The van der Waals surface area contributed by atoms with Gasteiger partial charge in [-0.15, -0.1) is 0 Å². The summed E-state index contributed by atoms with van der Waals surface area (Å²) < 4.78 is 25.1. The Morgan fingerprint density at radius 2 is 1.53 bits per heavy atom. The van der Waals surface area contributed by atoms with Gasteiger partial charge in [-0.1, -0.05) is 24.3 Å². The predicted molar refractivity (Wildman–Crippen MR) is 120 cm³/mol. The summed E-state index contributed by atoms with van der Waals surface area (Å²) in [6, 6.07) is 15.2. The van der Waals surface area contributed by atoms with E-state index >= 15 is 0 Å². The normalized spacial score (nSPS) is 19.9. The minimum Gasteiger partial charge on any atom is -0.334 e. The highest BCUT2D eigenvalue weighted by molar-refractivity contribution is 7.92. The number of hydrogen-bond acceptors (Lipinski definition) is 4. The van der Waals surface area contributed by atoms with Crippen molar-refractivity contribution in [2.24, 2.45) is 0 Å². The number of hydrogen-bond donors (Lipinski definition) is 1. The highest BCUT2D eigenvalue weighted by Gasteiger charge is 2.31. The average molecular weight is 428 g/mol. The van der Waals surface area contributed by atoms with Gasteiger partial charge in [-0.25, -0.2) is 8.42 Å². The van der Waals surface area contributed by atoms with Crippen molar-refractivity contribution in [3.05, 3.63) is 54.1 Å². The zero-order chi connectivity index (χ0) is 21.1. The molecule has 0 bridgehead atoms. The first-order valence-electron chi connectivity index (χ1n) is 10.6. The van der Waals surface area contributed by atoms with Crippen LogP contribution in [0.15, 0.2) is 48.5 Å². The van der Waals surface area contributed by atoms with E-state index in [0.29, 0.717) is 11.7 Å². The number of carbonyl (C=O) groups excluding carboxylic acids is 1. The summed E-state index contributed by atoms with van der Waals surface area (Å²) in [6.07, 6.45) is 5.85. The van der Waals surface area contributed by atoms with Gasteiger partial charge in [0.1, 0.15) is 0 Å². The van der Waals surface area contributed by atoms with E-state index < -0.39 is 10.0 Å². The zero-order valence-electron chi connectivity index (χ0n) is 17.4. The van der Waals surface area contributed by atoms with Gasteiger partial charge in [-0.05, 0) is 74.2 Å². The molecule has 0 radical (unpaired) electrons. The van der Waals surface area contributed by atoms with Crippen LogP contribution in [0.5, 0.6) is 0 Å². The Balaban J connectivity index is 1.43. The molecule has 2 aliphatic heterocycles. The van der Waals surface area contributed by atoms with E-state index in [0.717, 1.165) is 62.0 Å². The van der Waals surface area contributed by atoms with E-state index in [9.17, 15) is 13.2 Å². The number of anilines is 1. The number of carbonyl (C=O) groups is 1. The molecule has 2 saturated heterocycles. The van der Waals surface area contributed by atoms with E-state index in [2.05, 4.69) is 14.5 Å². The van der Waals surface area contributed by atoms with Crippen LogP contribution in [0.4, 0.5) is 5.69 Å². The van der Waals surface area contributed by atoms with Crippen LogP contribution < -0.4 is 4.72 Å². The lowest BCUT2D eigenvalue weighted by Crippen LogP contribution is -2.42. The number of likely N-dealkylation sites (tertiary alicyclic amines) is 2. The van der Waals surface area contributed by atoms with Crippen LogP contribution in [0.25, 0.3) is 11.1 Å². The summed E-state index contributed by atoms with van der Waals surface area (Å²) in [5, 5.41) is 0. The van der Waals surface area contributed by atoms with Gasteiger partial charge in [0.15, 0.2) is 0 Å². The molecule has 0 saturated carbocycles. The van der Waals surface area contributed by atoms with Gasteiger partial charge in [0.2, 0.25) is 10.0 Å². The Kier molecular flexibility index (Phi) is 6.11. The molecule has 2 fully saturated rings. The molecule has 0 aliphatic carbocycles. The first kappa shape index (κ1) is 20.9. The Morgan fingerprint density at radius 3 is 2.13 bits per heavy atom. The summed E-state index contributed by atoms with van der Waals surface area (Å²) in [7, 11) is -3.29. The predicted octanol–water partition coefficient (Wildman–Crippen LogP) is 3.43. The standard InChI is InChI=1S/C23H29N3O3S/c1-30(28,29)24-21-12-10-19(11-13-21)18-6-8-20(9-7-18)23(27)26-16-4-5-22(26)17-25-14-2-3-15-25/h6-13,22,24H,2-5,14-17H2,1H3. The van der Waals surface area contributed by atoms with Crippen LogP contribution in [-0.2, 0) is 10.0 Å². The maximum Gasteiger partial charge on any atom is 0.254 e. The molecule has 2 aromatic carbocycles. The van der Waals surface area contributed by atoms with E-state index in [1.807, 2.05) is 36.4 Å². The molecule has 0 aromatic heterocycles. The summed E-state index contributed by atoms with van der Waals surface area (Å²) in [5.41, 5.74) is 3.22. The summed E-state index contributed by atoms with van der Waals surface area (Å²) in [4.78, 5) is 17.6. The molecule has 6 nitrogen and oxygen atoms in total. The lowest BCUT2D eigenvalue weighted by molar-refractivity contribution is 0.0709. The number of rotatable bonds is 6. The SMILES string of the molecule is CS(=O)(=O)Nc1ccc(-c2ccc(C(=O)N3CCCC3CN3CCCC3)cc2)cc1. The van der Waals surface area contributed by atoms with Gasteiger partial charge < -0.3 is 9.80 Å². The second kappa shape index (κ2) is 8.78. The molecule has 2 aromatic rings. The third-order valence-corrected chi connectivity index (χ3v) is 6.57. The van der Waals surface area contributed by atoms with E-state index in [4.69, 9.17) is 0 Å². The lowest BCUT2D eigenvalue weighted by Gasteiger charge is -2.28. The van der Waals surface area contributed by atoms with Gasteiger partial charge in [0.05, 0.1) is 6.26 Å². The Bertz CT molecular complexity index is 981. The molecule has 1 atom stereocenters.